The molecule has 112 valence electrons. The van der Waals surface area contributed by atoms with Crippen molar-refractivity contribution in [1.29, 1.82) is 0 Å². The number of nitrogens with one attached hydrogen (secondary N) is 1. The average Bonchev–Trinajstić information content (AvgIpc) is 2.96. The second kappa shape index (κ2) is 5.48. The highest BCUT2D eigenvalue weighted by molar-refractivity contribution is 7.99. The van der Waals surface area contributed by atoms with Gasteiger partial charge >= 0.3 is 0 Å². The highest BCUT2D eigenvalue weighted by Crippen LogP contribution is 2.63. The summed E-state index contributed by atoms with van der Waals surface area (Å²) >= 11 is 14.3. The number of aromatic nitrogens is 2. The number of rotatable bonds is 4. The number of para-hydroxylation sites is 2. The molecule has 0 amide bonds. The molecular formula is C17H14Cl2N2S. The van der Waals surface area contributed by atoms with Gasteiger partial charge in [-0.05, 0) is 24.1 Å². The third-order valence-corrected chi connectivity index (χ3v) is 6.11. The third kappa shape index (κ3) is 2.73. The number of halogens is 2. The number of fused-ring (bicyclic) bond motifs is 1. The maximum atomic E-state index is 6.32. The molecule has 0 spiro atoms. The first-order valence-corrected chi connectivity index (χ1v) is 8.81. The summed E-state index contributed by atoms with van der Waals surface area (Å²) in [7, 11) is 0. The van der Waals surface area contributed by atoms with Gasteiger partial charge in [0, 0.05) is 11.2 Å². The van der Waals surface area contributed by atoms with E-state index in [2.05, 4.69) is 22.1 Å². The van der Waals surface area contributed by atoms with Gasteiger partial charge < -0.3 is 4.98 Å². The van der Waals surface area contributed by atoms with Gasteiger partial charge in [-0.15, -0.1) is 23.2 Å². The number of aromatic amines is 1. The van der Waals surface area contributed by atoms with Crippen molar-refractivity contribution in [2.45, 2.75) is 21.2 Å². The summed E-state index contributed by atoms with van der Waals surface area (Å²) in [5, 5.41) is 1.11. The van der Waals surface area contributed by atoms with Gasteiger partial charge in [-0.2, -0.15) is 0 Å². The van der Waals surface area contributed by atoms with Gasteiger partial charge in [0.2, 0.25) is 0 Å². The molecule has 2 unspecified atom stereocenters. The minimum Gasteiger partial charge on any atom is -0.333 e. The number of imidazole rings is 1. The Kier molecular flexibility index (Phi) is 3.60. The lowest BCUT2D eigenvalue weighted by Gasteiger charge is -2.16. The van der Waals surface area contributed by atoms with Crippen LogP contribution in [0.2, 0.25) is 0 Å². The van der Waals surface area contributed by atoms with Crippen LogP contribution >= 0.6 is 35.0 Å². The standard InChI is InChI=1S/C17H14Cl2N2S/c18-17(19)10-12(17)15(11-6-2-1-3-7-11)22-16-20-13-8-4-5-9-14(13)21-16/h1-9,12,15H,10H2,(H,20,21). The van der Waals surface area contributed by atoms with Crippen molar-refractivity contribution in [1.82, 2.24) is 9.97 Å². The molecule has 1 aliphatic carbocycles. The number of thioether (sulfide) groups is 1. The Bertz CT molecular complexity index is 768. The quantitative estimate of drug-likeness (QED) is 0.491. The zero-order valence-electron chi connectivity index (χ0n) is 11.7. The number of hydrogen-bond acceptors (Lipinski definition) is 2. The maximum Gasteiger partial charge on any atom is 0.166 e. The molecule has 1 heterocycles. The van der Waals surface area contributed by atoms with E-state index in [-0.39, 0.29) is 11.2 Å². The van der Waals surface area contributed by atoms with Gasteiger partial charge in [0.1, 0.15) is 4.33 Å². The second-order valence-electron chi connectivity index (χ2n) is 5.58. The highest BCUT2D eigenvalue weighted by Gasteiger charge is 2.56. The summed E-state index contributed by atoms with van der Waals surface area (Å²) in [6.45, 7) is 0. The van der Waals surface area contributed by atoms with Crippen molar-refractivity contribution < 1.29 is 0 Å². The van der Waals surface area contributed by atoms with Crippen molar-refractivity contribution in [2.75, 3.05) is 0 Å². The molecule has 2 nitrogen and oxygen atoms in total. The van der Waals surface area contributed by atoms with E-state index in [1.807, 2.05) is 42.5 Å². The number of H-pyrrole nitrogens is 1. The van der Waals surface area contributed by atoms with Gasteiger partial charge in [0.15, 0.2) is 5.16 Å². The Labute approximate surface area is 143 Å². The van der Waals surface area contributed by atoms with Crippen LogP contribution in [0.15, 0.2) is 59.8 Å². The van der Waals surface area contributed by atoms with E-state index in [1.165, 1.54) is 5.56 Å². The topological polar surface area (TPSA) is 28.7 Å². The Morgan fingerprint density at radius 2 is 1.77 bits per heavy atom. The molecular weight excluding hydrogens is 335 g/mol. The van der Waals surface area contributed by atoms with E-state index in [9.17, 15) is 0 Å². The predicted molar refractivity (Wildman–Crippen MR) is 93.7 cm³/mol. The maximum absolute atomic E-state index is 6.32. The molecule has 2 aromatic carbocycles. The summed E-state index contributed by atoms with van der Waals surface area (Å²) < 4.78 is -0.612. The summed E-state index contributed by atoms with van der Waals surface area (Å²) in [4.78, 5) is 8.03. The lowest BCUT2D eigenvalue weighted by molar-refractivity contribution is 0.792. The lowest BCUT2D eigenvalue weighted by atomic mass is 10.1. The molecule has 1 aromatic heterocycles. The molecule has 0 bridgehead atoms. The van der Waals surface area contributed by atoms with Crippen LogP contribution < -0.4 is 0 Å². The van der Waals surface area contributed by atoms with Crippen LogP contribution in [0.4, 0.5) is 0 Å². The second-order valence-corrected chi connectivity index (χ2v) is 8.25. The molecule has 4 rings (SSSR count). The summed E-state index contributed by atoms with van der Waals surface area (Å²) in [6, 6.07) is 18.4. The SMILES string of the molecule is ClC1(Cl)CC1C(Sc1nc2ccccc2[nH]1)c1ccccc1. The number of alkyl halides is 2. The first-order valence-electron chi connectivity index (χ1n) is 7.18. The molecule has 3 aromatic rings. The van der Waals surface area contributed by atoms with E-state index < -0.39 is 4.33 Å². The van der Waals surface area contributed by atoms with Crippen LogP contribution in [-0.4, -0.2) is 14.3 Å². The van der Waals surface area contributed by atoms with Crippen LogP contribution in [0, 0.1) is 5.92 Å². The van der Waals surface area contributed by atoms with Gasteiger partial charge in [-0.3, -0.25) is 0 Å². The fraction of sp³-hybridized carbons (Fsp3) is 0.235. The van der Waals surface area contributed by atoms with E-state index in [0.717, 1.165) is 22.6 Å². The normalized spacial score (nSPS) is 20.9. The lowest BCUT2D eigenvalue weighted by Crippen LogP contribution is -2.02. The van der Waals surface area contributed by atoms with E-state index in [4.69, 9.17) is 23.2 Å². The first kappa shape index (κ1) is 14.4. The molecule has 0 radical (unpaired) electrons. The van der Waals surface area contributed by atoms with Crippen molar-refractivity contribution >= 4 is 46.0 Å². The van der Waals surface area contributed by atoms with Crippen LogP contribution in [0.5, 0.6) is 0 Å². The van der Waals surface area contributed by atoms with Crippen molar-refractivity contribution in [3.63, 3.8) is 0 Å². The van der Waals surface area contributed by atoms with Crippen molar-refractivity contribution in [2.24, 2.45) is 5.92 Å². The van der Waals surface area contributed by atoms with Crippen LogP contribution in [-0.2, 0) is 0 Å². The summed E-state index contributed by atoms with van der Waals surface area (Å²) in [5.74, 6) is 0.247. The predicted octanol–water partition coefficient (Wildman–Crippen LogP) is 5.59. The van der Waals surface area contributed by atoms with Gasteiger partial charge in [-0.25, -0.2) is 4.98 Å². The summed E-state index contributed by atoms with van der Waals surface area (Å²) in [5.41, 5.74) is 3.27. The van der Waals surface area contributed by atoms with Crippen LogP contribution in [0.25, 0.3) is 11.0 Å². The zero-order chi connectivity index (χ0) is 15.2. The van der Waals surface area contributed by atoms with Crippen LogP contribution in [0.1, 0.15) is 17.2 Å². The number of benzene rings is 2. The fourth-order valence-electron chi connectivity index (χ4n) is 2.69. The molecule has 0 aliphatic heterocycles. The Balaban J connectivity index is 1.66. The first-order chi connectivity index (χ1) is 10.6. The van der Waals surface area contributed by atoms with Crippen molar-refractivity contribution in [3.8, 4) is 0 Å². The minimum absolute atomic E-state index is 0.205. The molecule has 2 atom stereocenters. The Hall–Kier alpha value is -1.16. The van der Waals surface area contributed by atoms with Gasteiger partial charge in [-0.1, -0.05) is 54.2 Å². The zero-order valence-corrected chi connectivity index (χ0v) is 14.0. The molecule has 5 heteroatoms. The molecule has 22 heavy (non-hydrogen) atoms. The molecule has 1 saturated carbocycles. The highest BCUT2D eigenvalue weighted by atomic mass is 35.5. The molecule has 1 fully saturated rings. The monoisotopic (exact) mass is 348 g/mol. The van der Waals surface area contributed by atoms with E-state index in [0.29, 0.717) is 0 Å². The molecule has 1 aliphatic rings. The van der Waals surface area contributed by atoms with Crippen molar-refractivity contribution in [3.05, 3.63) is 60.2 Å². The smallest absolute Gasteiger partial charge is 0.166 e. The molecule has 0 saturated heterocycles. The average molecular weight is 349 g/mol. The fourth-order valence-corrected chi connectivity index (χ4v) is 4.77. The Morgan fingerprint density at radius 3 is 2.45 bits per heavy atom. The largest absolute Gasteiger partial charge is 0.333 e. The van der Waals surface area contributed by atoms with Crippen LogP contribution in [0.3, 0.4) is 0 Å². The molecule has 1 N–H and O–H groups in total. The van der Waals surface area contributed by atoms with E-state index in [1.54, 1.807) is 11.8 Å². The third-order valence-electron chi connectivity index (χ3n) is 3.97. The van der Waals surface area contributed by atoms with E-state index >= 15 is 0 Å². The Morgan fingerprint density at radius 1 is 1.09 bits per heavy atom. The van der Waals surface area contributed by atoms with Gasteiger partial charge in [0.25, 0.3) is 0 Å². The minimum atomic E-state index is -0.612. The number of nitrogens with zero attached hydrogens (tertiary/aromatic N) is 1. The number of hydrogen-bond donors (Lipinski definition) is 1. The van der Waals surface area contributed by atoms with Gasteiger partial charge in [0.05, 0.1) is 11.0 Å². The summed E-state index contributed by atoms with van der Waals surface area (Å²) in [6.07, 6.45) is 0.822.